The number of hydrogen-bond acceptors (Lipinski definition) is 3. The topological polar surface area (TPSA) is 60.3 Å². The smallest absolute Gasteiger partial charge is 0.263 e. The first kappa shape index (κ1) is 18.7. The second-order valence-corrected chi connectivity index (χ2v) is 6.30. The van der Waals surface area contributed by atoms with Crippen molar-refractivity contribution in [3.05, 3.63) is 93.4 Å². The van der Waals surface area contributed by atoms with Crippen LogP contribution in [0.5, 0.6) is 5.75 Å². The van der Waals surface area contributed by atoms with Crippen LogP contribution in [0.15, 0.2) is 71.7 Å². The van der Waals surface area contributed by atoms with Crippen LogP contribution in [-0.4, -0.2) is 17.1 Å². The van der Waals surface area contributed by atoms with Crippen LogP contribution in [0.1, 0.15) is 22.8 Å². The summed E-state index contributed by atoms with van der Waals surface area (Å²) < 4.78 is 7.00. The van der Waals surface area contributed by atoms with Crippen LogP contribution < -0.4 is 15.6 Å². The van der Waals surface area contributed by atoms with Gasteiger partial charge in [-0.05, 0) is 48.9 Å². The SMILES string of the molecule is CCOc1ccccc1NC(=O)c1cccn(Cc2ccc(Cl)cc2)c1=O. The van der Waals surface area contributed by atoms with E-state index in [0.29, 0.717) is 29.6 Å². The zero-order valence-corrected chi connectivity index (χ0v) is 15.6. The number of nitrogens with one attached hydrogen (secondary N) is 1. The molecule has 0 unspecified atom stereocenters. The molecule has 27 heavy (non-hydrogen) atoms. The highest BCUT2D eigenvalue weighted by Gasteiger charge is 2.14. The minimum Gasteiger partial charge on any atom is -0.492 e. The molecule has 138 valence electrons. The van der Waals surface area contributed by atoms with Crippen molar-refractivity contribution < 1.29 is 9.53 Å². The zero-order valence-electron chi connectivity index (χ0n) is 14.8. The van der Waals surface area contributed by atoms with Crippen LogP contribution >= 0.6 is 11.6 Å². The van der Waals surface area contributed by atoms with Crippen LogP contribution in [0.4, 0.5) is 5.69 Å². The van der Waals surface area contributed by atoms with Gasteiger partial charge in [0.05, 0.1) is 18.8 Å². The number of carbonyl (C=O) groups is 1. The van der Waals surface area contributed by atoms with Crippen molar-refractivity contribution in [2.24, 2.45) is 0 Å². The zero-order chi connectivity index (χ0) is 19.2. The third-order valence-electron chi connectivity index (χ3n) is 3.97. The van der Waals surface area contributed by atoms with Gasteiger partial charge in [-0.2, -0.15) is 0 Å². The number of aromatic nitrogens is 1. The minimum atomic E-state index is -0.474. The predicted molar refractivity (Wildman–Crippen MR) is 107 cm³/mol. The fourth-order valence-corrected chi connectivity index (χ4v) is 2.79. The number of amides is 1. The van der Waals surface area contributed by atoms with E-state index in [0.717, 1.165) is 5.56 Å². The summed E-state index contributed by atoms with van der Waals surface area (Å²) >= 11 is 5.89. The quantitative estimate of drug-likeness (QED) is 0.695. The maximum atomic E-state index is 12.7. The number of para-hydroxylation sites is 2. The average Bonchev–Trinajstić information content (AvgIpc) is 2.67. The van der Waals surface area contributed by atoms with Gasteiger partial charge in [0.1, 0.15) is 11.3 Å². The van der Waals surface area contributed by atoms with Crippen molar-refractivity contribution >= 4 is 23.2 Å². The van der Waals surface area contributed by atoms with E-state index >= 15 is 0 Å². The highest BCUT2D eigenvalue weighted by Crippen LogP contribution is 2.24. The third kappa shape index (κ3) is 4.57. The summed E-state index contributed by atoms with van der Waals surface area (Å²) in [6.07, 6.45) is 1.65. The summed E-state index contributed by atoms with van der Waals surface area (Å²) in [4.78, 5) is 25.4. The predicted octanol–water partition coefficient (Wildman–Crippen LogP) is 4.20. The van der Waals surface area contributed by atoms with Crippen molar-refractivity contribution in [1.82, 2.24) is 4.57 Å². The van der Waals surface area contributed by atoms with E-state index < -0.39 is 5.91 Å². The fraction of sp³-hybridized carbons (Fsp3) is 0.143. The Kier molecular flexibility index (Phi) is 5.94. The lowest BCUT2D eigenvalue weighted by atomic mass is 10.2. The number of nitrogens with zero attached hydrogens (tertiary/aromatic N) is 1. The van der Waals surface area contributed by atoms with E-state index in [4.69, 9.17) is 16.3 Å². The molecule has 5 nitrogen and oxygen atoms in total. The molecule has 0 saturated carbocycles. The maximum absolute atomic E-state index is 12.7. The molecule has 6 heteroatoms. The number of hydrogen-bond donors (Lipinski definition) is 1. The molecule has 0 aliphatic rings. The van der Waals surface area contributed by atoms with Gasteiger partial charge in [0.15, 0.2) is 0 Å². The Labute approximate surface area is 162 Å². The van der Waals surface area contributed by atoms with E-state index in [2.05, 4.69) is 5.32 Å². The Morgan fingerprint density at radius 3 is 2.56 bits per heavy atom. The van der Waals surface area contributed by atoms with Crippen LogP contribution in [-0.2, 0) is 6.54 Å². The molecule has 0 saturated heterocycles. The number of anilines is 1. The Balaban J connectivity index is 1.84. The van der Waals surface area contributed by atoms with Gasteiger partial charge < -0.3 is 14.6 Å². The second kappa shape index (κ2) is 8.56. The molecule has 1 amide bonds. The Hall–Kier alpha value is -3.05. The minimum absolute atomic E-state index is 0.0674. The van der Waals surface area contributed by atoms with Gasteiger partial charge in [0.2, 0.25) is 0 Å². The van der Waals surface area contributed by atoms with Gasteiger partial charge in [0, 0.05) is 11.2 Å². The molecule has 3 rings (SSSR count). The Bertz CT molecular complexity index is 997. The van der Waals surface area contributed by atoms with E-state index in [9.17, 15) is 9.59 Å². The molecule has 1 N–H and O–H groups in total. The monoisotopic (exact) mass is 382 g/mol. The van der Waals surface area contributed by atoms with Gasteiger partial charge in [-0.25, -0.2) is 0 Å². The molecule has 1 aromatic heterocycles. The second-order valence-electron chi connectivity index (χ2n) is 5.86. The molecular weight excluding hydrogens is 364 g/mol. The lowest BCUT2D eigenvalue weighted by Crippen LogP contribution is -2.29. The lowest BCUT2D eigenvalue weighted by Gasteiger charge is -2.12. The molecule has 1 heterocycles. The summed E-state index contributed by atoms with van der Waals surface area (Å²) in [5.74, 6) is 0.0865. The van der Waals surface area contributed by atoms with Gasteiger partial charge in [-0.1, -0.05) is 35.9 Å². The van der Waals surface area contributed by atoms with Crippen LogP contribution in [0.3, 0.4) is 0 Å². The molecule has 0 spiro atoms. The van der Waals surface area contributed by atoms with Gasteiger partial charge in [-0.15, -0.1) is 0 Å². The lowest BCUT2D eigenvalue weighted by molar-refractivity contribution is 0.102. The van der Waals surface area contributed by atoms with Crippen LogP contribution in [0.25, 0.3) is 0 Å². The number of pyridine rings is 1. The first-order chi connectivity index (χ1) is 13.1. The van der Waals surface area contributed by atoms with Gasteiger partial charge in [0.25, 0.3) is 11.5 Å². The van der Waals surface area contributed by atoms with E-state index in [-0.39, 0.29) is 11.1 Å². The molecule has 3 aromatic rings. The van der Waals surface area contributed by atoms with E-state index in [1.165, 1.54) is 10.6 Å². The Morgan fingerprint density at radius 1 is 1.07 bits per heavy atom. The Morgan fingerprint density at radius 2 is 1.81 bits per heavy atom. The average molecular weight is 383 g/mol. The largest absolute Gasteiger partial charge is 0.492 e. The fourth-order valence-electron chi connectivity index (χ4n) is 2.66. The molecule has 0 aliphatic carbocycles. The summed E-state index contributed by atoms with van der Waals surface area (Å²) in [5, 5.41) is 3.39. The molecule has 0 aliphatic heterocycles. The standard InChI is InChI=1S/C21H19ClN2O3/c1-2-27-19-8-4-3-7-18(19)23-20(25)17-6-5-13-24(21(17)26)14-15-9-11-16(22)12-10-15/h3-13H,2,14H2,1H3,(H,23,25). The van der Waals surface area contributed by atoms with Crippen LogP contribution in [0.2, 0.25) is 5.02 Å². The number of ether oxygens (including phenoxy) is 1. The molecule has 0 fully saturated rings. The molecule has 2 aromatic carbocycles. The van der Waals surface area contributed by atoms with E-state index in [1.807, 2.05) is 25.1 Å². The molecular formula is C21H19ClN2O3. The summed E-state index contributed by atoms with van der Waals surface area (Å²) in [7, 11) is 0. The van der Waals surface area contributed by atoms with E-state index in [1.54, 1.807) is 42.6 Å². The number of carbonyl (C=O) groups excluding carboxylic acids is 1. The van der Waals surface area contributed by atoms with Crippen molar-refractivity contribution in [3.63, 3.8) is 0 Å². The van der Waals surface area contributed by atoms with Crippen LogP contribution in [0, 0.1) is 0 Å². The van der Waals surface area contributed by atoms with Gasteiger partial charge in [-0.3, -0.25) is 9.59 Å². The molecule has 0 atom stereocenters. The summed E-state index contributed by atoms with van der Waals surface area (Å²) in [5.41, 5.74) is 1.15. The normalized spacial score (nSPS) is 10.4. The first-order valence-electron chi connectivity index (χ1n) is 8.55. The number of halogens is 1. The summed E-state index contributed by atoms with van der Waals surface area (Å²) in [6.45, 7) is 2.70. The highest BCUT2D eigenvalue weighted by atomic mass is 35.5. The number of benzene rings is 2. The number of rotatable bonds is 6. The van der Waals surface area contributed by atoms with Crippen molar-refractivity contribution in [2.75, 3.05) is 11.9 Å². The molecule has 0 radical (unpaired) electrons. The highest BCUT2D eigenvalue weighted by molar-refractivity contribution is 6.30. The van der Waals surface area contributed by atoms with Crippen molar-refractivity contribution in [2.45, 2.75) is 13.5 Å². The van der Waals surface area contributed by atoms with Crippen molar-refractivity contribution in [1.29, 1.82) is 0 Å². The van der Waals surface area contributed by atoms with Crippen molar-refractivity contribution in [3.8, 4) is 5.75 Å². The summed E-state index contributed by atoms with van der Waals surface area (Å²) in [6, 6.07) is 17.5. The maximum Gasteiger partial charge on any atom is 0.263 e. The first-order valence-corrected chi connectivity index (χ1v) is 8.93. The van der Waals surface area contributed by atoms with Gasteiger partial charge >= 0.3 is 0 Å². The third-order valence-corrected chi connectivity index (χ3v) is 4.22. The molecule has 0 bridgehead atoms.